The third-order valence-corrected chi connectivity index (χ3v) is 4.15. The molecule has 0 spiro atoms. The minimum atomic E-state index is -1.55. The van der Waals surface area contributed by atoms with Gasteiger partial charge in [-0.3, -0.25) is 4.79 Å². The maximum atomic E-state index is 13.2. The van der Waals surface area contributed by atoms with Crippen molar-refractivity contribution in [3.05, 3.63) is 35.1 Å². The molecule has 0 radical (unpaired) electrons. The van der Waals surface area contributed by atoms with Crippen molar-refractivity contribution in [2.75, 3.05) is 20.1 Å². The predicted molar refractivity (Wildman–Crippen MR) is 73.5 cm³/mol. The first-order valence-corrected chi connectivity index (χ1v) is 7.09. The summed E-state index contributed by atoms with van der Waals surface area (Å²) >= 11 is 0. The molecule has 2 atom stereocenters. The van der Waals surface area contributed by atoms with Gasteiger partial charge in [0.15, 0.2) is 17.5 Å². The number of nitrogens with one attached hydrogen (secondary N) is 1. The third-order valence-electron chi connectivity index (χ3n) is 4.15. The number of halogens is 3. The van der Waals surface area contributed by atoms with Crippen LogP contribution in [0.1, 0.15) is 30.1 Å². The molecule has 1 aromatic carbocycles. The molecular weight excluding hydrogens is 281 g/mol. The van der Waals surface area contributed by atoms with E-state index in [2.05, 4.69) is 5.32 Å². The highest BCUT2D eigenvalue weighted by atomic mass is 19.2. The Morgan fingerprint density at radius 2 is 1.95 bits per heavy atom. The molecule has 1 N–H and O–H groups in total. The van der Waals surface area contributed by atoms with Crippen LogP contribution in [0, 0.1) is 23.4 Å². The summed E-state index contributed by atoms with van der Waals surface area (Å²) < 4.78 is 39.4. The van der Waals surface area contributed by atoms with Crippen LogP contribution >= 0.6 is 0 Å². The molecule has 1 aliphatic heterocycles. The average Bonchev–Trinajstić information content (AvgIpc) is 2.50. The van der Waals surface area contributed by atoms with E-state index in [0.29, 0.717) is 25.0 Å². The number of hydrogen-bond acceptors (Lipinski definition) is 2. The van der Waals surface area contributed by atoms with Gasteiger partial charge in [-0.15, -0.1) is 0 Å². The highest BCUT2D eigenvalue weighted by Gasteiger charge is 2.30. The summed E-state index contributed by atoms with van der Waals surface area (Å²) in [6.45, 7) is 3.09. The lowest BCUT2D eigenvalue weighted by molar-refractivity contribution is 0.0630. The van der Waals surface area contributed by atoms with Crippen molar-refractivity contribution < 1.29 is 18.0 Å². The molecule has 2 rings (SSSR count). The number of rotatable bonds is 3. The Morgan fingerprint density at radius 1 is 1.33 bits per heavy atom. The number of piperidine rings is 1. The number of likely N-dealkylation sites (tertiary alicyclic amines) is 1. The smallest absolute Gasteiger partial charge is 0.254 e. The lowest BCUT2D eigenvalue weighted by Crippen LogP contribution is -2.50. The lowest BCUT2D eigenvalue weighted by atomic mass is 9.89. The Balaban J connectivity index is 2.17. The van der Waals surface area contributed by atoms with E-state index in [9.17, 15) is 18.0 Å². The molecule has 1 heterocycles. The molecule has 1 amide bonds. The van der Waals surface area contributed by atoms with E-state index in [1.807, 2.05) is 14.0 Å². The number of amides is 1. The first-order chi connectivity index (χ1) is 9.97. The molecule has 1 saturated heterocycles. The van der Waals surface area contributed by atoms with Gasteiger partial charge in [-0.1, -0.05) is 13.3 Å². The lowest BCUT2D eigenvalue weighted by Gasteiger charge is -2.38. The monoisotopic (exact) mass is 300 g/mol. The minimum Gasteiger partial charge on any atom is -0.338 e. The topological polar surface area (TPSA) is 32.3 Å². The average molecular weight is 300 g/mol. The normalized spacial score (nSPS) is 22.4. The maximum Gasteiger partial charge on any atom is 0.254 e. The molecule has 21 heavy (non-hydrogen) atoms. The van der Waals surface area contributed by atoms with Gasteiger partial charge in [0.2, 0.25) is 0 Å². The molecule has 6 heteroatoms. The first kappa shape index (κ1) is 15.8. The van der Waals surface area contributed by atoms with Crippen molar-refractivity contribution in [2.24, 2.45) is 5.92 Å². The third kappa shape index (κ3) is 3.20. The van der Waals surface area contributed by atoms with Crippen LogP contribution < -0.4 is 5.32 Å². The van der Waals surface area contributed by atoms with Gasteiger partial charge in [0.25, 0.3) is 5.91 Å². The van der Waals surface area contributed by atoms with E-state index in [1.54, 1.807) is 4.90 Å². The maximum absolute atomic E-state index is 13.2. The van der Waals surface area contributed by atoms with Crippen LogP contribution in [-0.4, -0.2) is 37.0 Å². The fraction of sp³-hybridized carbons (Fsp3) is 0.533. The van der Waals surface area contributed by atoms with Crippen molar-refractivity contribution in [2.45, 2.75) is 25.8 Å². The molecule has 1 aliphatic rings. The van der Waals surface area contributed by atoms with Crippen molar-refractivity contribution in [1.82, 2.24) is 10.2 Å². The number of carbonyl (C=O) groups excluding carboxylic acids is 1. The zero-order chi connectivity index (χ0) is 15.6. The summed E-state index contributed by atoms with van der Waals surface area (Å²) in [5, 5.41) is 3.22. The van der Waals surface area contributed by atoms with Gasteiger partial charge in [-0.25, -0.2) is 13.2 Å². The van der Waals surface area contributed by atoms with Crippen LogP contribution in [0.25, 0.3) is 0 Å². The van der Waals surface area contributed by atoms with Crippen molar-refractivity contribution in [1.29, 1.82) is 0 Å². The van der Waals surface area contributed by atoms with Crippen LogP contribution in [0.2, 0.25) is 0 Å². The molecule has 3 nitrogen and oxygen atoms in total. The van der Waals surface area contributed by atoms with E-state index in [-0.39, 0.29) is 5.56 Å². The Bertz CT molecular complexity index is 513. The van der Waals surface area contributed by atoms with Crippen LogP contribution in [-0.2, 0) is 0 Å². The standard InChI is InChI=1S/C15H19F3N2O/c1-3-9-8-20(5-4-13(9)19-2)15(21)10-6-11(16)14(18)12(17)7-10/h6-7,9,13,19H,3-5,8H2,1-2H3. The van der Waals surface area contributed by atoms with Crippen LogP contribution in [0.3, 0.4) is 0 Å². The fourth-order valence-electron chi connectivity index (χ4n) is 2.87. The molecule has 0 aromatic heterocycles. The largest absolute Gasteiger partial charge is 0.338 e. The number of carbonyl (C=O) groups is 1. The van der Waals surface area contributed by atoms with Crippen molar-refractivity contribution >= 4 is 5.91 Å². The Kier molecular flexibility index (Phi) is 4.88. The second-order valence-corrected chi connectivity index (χ2v) is 5.36. The van der Waals surface area contributed by atoms with E-state index in [0.717, 1.165) is 25.0 Å². The van der Waals surface area contributed by atoms with Gasteiger partial charge in [0.1, 0.15) is 0 Å². The van der Waals surface area contributed by atoms with Gasteiger partial charge < -0.3 is 10.2 Å². The molecule has 1 fully saturated rings. The van der Waals surface area contributed by atoms with E-state index >= 15 is 0 Å². The summed E-state index contributed by atoms with van der Waals surface area (Å²) in [5.74, 6) is -4.39. The summed E-state index contributed by atoms with van der Waals surface area (Å²) in [4.78, 5) is 13.9. The Hall–Kier alpha value is -1.56. The highest BCUT2D eigenvalue weighted by Crippen LogP contribution is 2.22. The Labute approximate surface area is 122 Å². The van der Waals surface area contributed by atoms with Gasteiger partial charge >= 0.3 is 0 Å². The quantitative estimate of drug-likeness (QED) is 0.870. The predicted octanol–water partition coefficient (Wildman–Crippen LogP) is 2.56. The highest BCUT2D eigenvalue weighted by molar-refractivity contribution is 5.94. The second-order valence-electron chi connectivity index (χ2n) is 5.36. The number of hydrogen-bond donors (Lipinski definition) is 1. The molecule has 2 unspecified atom stereocenters. The van der Waals surface area contributed by atoms with Crippen LogP contribution in [0.15, 0.2) is 12.1 Å². The molecular formula is C15H19F3N2O. The molecule has 0 aliphatic carbocycles. The van der Waals surface area contributed by atoms with Crippen LogP contribution in [0.5, 0.6) is 0 Å². The van der Waals surface area contributed by atoms with Gasteiger partial charge in [0, 0.05) is 24.7 Å². The molecule has 0 saturated carbocycles. The number of benzene rings is 1. The summed E-state index contributed by atoms with van der Waals surface area (Å²) in [6.07, 6.45) is 1.69. The van der Waals surface area contributed by atoms with Gasteiger partial charge in [-0.2, -0.15) is 0 Å². The Morgan fingerprint density at radius 3 is 2.48 bits per heavy atom. The molecule has 116 valence electrons. The van der Waals surface area contributed by atoms with Crippen molar-refractivity contribution in [3.63, 3.8) is 0 Å². The molecule has 0 bridgehead atoms. The zero-order valence-corrected chi connectivity index (χ0v) is 12.1. The zero-order valence-electron chi connectivity index (χ0n) is 12.1. The summed E-state index contributed by atoms with van der Waals surface area (Å²) in [5.41, 5.74) is -0.149. The van der Waals surface area contributed by atoms with E-state index in [1.165, 1.54) is 0 Å². The van der Waals surface area contributed by atoms with Crippen molar-refractivity contribution in [3.8, 4) is 0 Å². The first-order valence-electron chi connectivity index (χ1n) is 7.09. The van der Waals surface area contributed by atoms with E-state index in [4.69, 9.17) is 0 Å². The summed E-state index contributed by atoms with van der Waals surface area (Å²) in [7, 11) is 1.88. The van der Waals surface area contributed by atoms with Gasteiger partial charge in [-0.05, 0) is 31.5 Å². The minimum absolute atomic E-state index is 0.149. The van der Waals surface area contributed by atoms with Crippen LogP contribution in [0.4, 0.5) is 13.2 Å². The fourth-order valence-corrected chi connectivity index (χ4v) is 2.87. The molecule has 1 aromatic rings. The van der Waals surface area contributed by atoms with E-state index < -0.39 is 23.4 Å². The number of nitrogens with zero attached hydrogens (tertiary/aromatic N) is 1. The second kappa shape index (κ2) is 6.47. The summed E-state index contributed by atoms with van der Waals surface area (Å²) in [6, 6.07) is 1.85. The SMILES string of the molecule is CCC1CN(C(=O)c2cc(F)c(F)c(F)c2)CCC1NC. The van der Waals surface area contributed by atoms with Gasteiger partial charge in [0.05, 0.1) is 0 Å².